The summed E-state index contributed by atoms with van der Waals surface area (Å²) >= 11 is 0. The molecule has 10 heterocycles. The fourth-order valence-electron chi connectivity index (χ4n) is 18.0. The molecule has 4 atom stereocenters. The molecule has 1 aromatic carbocycles. The van der Waals surface area contributed by atoms with Crippen molar-refractivity contribution in [2.75, 3.05) is 6.61 Å². The van der Waals surface area contributed by atoms with Crippen LogP contribution in [0, 0.1) is 0 Å². The molecule has 1 spiro atoms. The van der Waals surface area contributed by atoms with Crippen molar-refractivity contribution in [1.29, 1.82) is 0 Å². The van der Waals surface area contributed by atoms with Gasteiger partial charge in [-0.15, -0.1) is 0 Å². The SMILES string of the molecule is CCOC(=O)c1ccc(C(=O)[C]23[CH]4[CH]5[CH]6[CH]2[Fe]56432789[CH]3[CH]2[CH]7[CH]8[CH]39)cc1. The summed E-state index contributed by atoms with van der Waals surface area (Å²) in [7, 11) is 0. The summed E-state index contributed by atoms with van der Waals surface area (Å²) in [4.78, 5) is 35.8. The monoisotopic (exact) mass is 362 g/mol. The Bertz CT molecular complexity index is 1300. The van der Waals surface area contributed by atoms with Gasteiger partial charge in [-0.1, -0.05) is 0 Å². The number of esters is 1. The van der Waals surface area contributed by atoms with E-state index in [9.17, 15) is 9.59 Å². The van der Waals surface area contributed by atoms with E-state index in [0.717, 1.165) is 15.2 Å². The molecule has 0 saturated carbocycles. The van der Waals surface area contributed by atoms with Gasteiger partial charge < -0.3 is 0 Å². The summed E-state index contributed by atoms with van der Waals surface area (Å²) in [5.74, 6) is 0.263. The minimum absolute atomic E-state index is 0.282. The number of rotatable bonds is 4. The Morgan fingerprint density at radius 2 is 1.42 bits per heavy atom. The molecule has 4 heteroatoms. The quantitative estimate of drug-likeness (QED) is 0.439. The second kappa shape index (κ2) is 1.06. The molecule has 10 fully saturated rings. The van der Waals surface area contributed by atoms with Gasteiger partial charge in [0.15, 0.2) is 0 Å². The average molecular weight is 362 g/mol. The molecule has 10 aliphatic heterocycles. The molecule has 4 unspecified atom stereocenters. The zero-order valence-corrected chi connectivity index (χ0v) is 14.4. The van der Waals surface area contributed by atoms with Crippen LogP contribution < -0.4 is 0 Å². The van der Waals surface area contributed by atoms with Crippen LogP contribution in [0.1, 0.15) is 27.6 Å². The molecule has 0 amide bonds. The van der Waals surface area contributed by atoms with E-state index in [4.69, 9.17) is 4.74 Å². The molecular formula is C20H18FeO3. The molecule has 10 saturated heterocycles. The predicted molar refractivity (Wildman–Crippen MR) is 83.2 cm³/mol. The van der Waals surface area contributed by atoms with Crippen molar-refractivity contribution in [1.82, 2.24) is 0 Å². The van der Waals surface area contributed by atoms with Crippen LogP contribution in [0.25, 0.3) is 0 Å². The average Bonchev–Trinajstić information content (AvgIpc) is 3.54. The van der Waals surface area contributed by atoms with E-state index in [1.54, 1.807) is 12.1 Å². The summed E-state index contributed by atoms with van der Waals surface area (Å²) in [6, 6.07) is 7.44. The van der Waals surface area contributed by atoms with Crippen LogP contribution >= 0.6 is 0 Å². The van der Waals surface area contributed by atoms with Crippen molar-refractivity contribution in [3.8, 4) is 0 Å². The van der Waals surface area contributed by atoms with Gasteiger partial charge in [0.25, 0.3) is 0 Å². The summed E-state index contributed by atoms with van der Waals surface area (Å²) < 4.78 is 5.34. The number of carbonyl (C=O) groups is 2. The van der Waals surface area contributed by atoms with Gasteiger partial charge in [0.05, 0.1) is 0 Å². The maximum atomic E-state index is 13.7. The van der Waals surface area contributed by atoms with E-state index < -0.39 is 6.51 Å². The van der Waals surface area contributed by atoms with Crippen molar-refractivity contribution >= 4 is 11.8 Å². The molecule has 0 bridgehead atoms. The number of ether oxygens (including phenoxy) is 1. The first kappa shape index (κ1) is 10.1. The fourth-order valence-corrected chi connectivity index (χ4v) is 91.8. The standard InChI is InChI=1S/C15H13O3.C5H5.Fe/c1-2-18-15(17)13-9-7-12(8-10-13)14(16)11-5-3-4-6-11;1-2-4-5-3-1;/h3-10H,2H2,1H3;1-5H;. The molecule has 124 valence electrons. The van der Waals surface area contributed by atoms with Crippen LogP contribution in [-0.2, 0) is 11.2 Å². The van der Waals surface area contributed by atoms with Crippen molar-refractivity contribution in [2.24, 2.45) is 0 Å². The van der Waals surface area contributed by atoms with Gasteiger partial charge in [0.1, 0.15) is 0 Å². The van der Waals surface area contributed by atoms with E-state index in [1.807, 2.05) is 19.1 Å². The zero-order valence-electron chi connectivity index (χ0n) is 13.3. The van der Waals surface area contributed by atoms with E-state index in [0.29, 0.717) is 18.0 Å². The van der Waals surface area contributed by atoms with Gasteiger partial charge in [-0.05, 0) is 0 Å². The van der Waals surface area contributed by atoms with Gasteiger partial charge in [-0.25, -0.2) is 0 Å². The van der Waals surface area contributed by atoms with Crippen LogP contribution in [0.2, 0.25) is 47.7 Å². The van der Waals surface area contributed by atoms with E-state index in [2.05, 4.69) is 0 Å². The van der Waals surface area contributed by atoms with E-state index in [1.165, 1.54) is 33.7 Å². The first-order chi connectivity index (χ1) is 11.4. The third-order valence-electron chi connectivity index (χ3n) is 16.7. The summed E-state index contributed by atoms with van der Waals surface area (Å²) in [6.45, 7) is -1.14. The number of hydrogen-bond donors (Lipinski definition) is 0. The van der Waals surface area contributed by atoms with Crippen LogP contribution in [0.3, 0.4) is 0 Å². The van der Waals surface area contributed by atoms with Gasteiger partial charge >= 0.3 is 129 Å². The Morgan fingerprint density at radius 1 is 0.917 bits per heavy atom. The van der Waals surface area contributed by atoms with Gasteiger partial charge in [-0.3, -0.25) is 0 Å². The number of Topliss-reactive ketones (excluding diaryl/α,β-unsaturated/α-hetero) is 1. The second-order valence-corrected chi connectivity index (χ2v) is 35.9. The summed E-state index contributed by atoms with van der Waals surface area (Å²) in [5, 5.41) is 0. The molecule has 3 nitrogen and oxygen atoms in total. The number of fused-ring (bicyclic) bond motifs is 10. The Kier molecular flexibility index (Phi) is 0.447. The van der Waals surface area contributed by atoms with Crippen LogP contribution in [0.5, 0.6) is 0 Å². The third kappa shape index (κ3) is 0.145. The minimum atomic E-state index is -3.35. The van der Waals surface area contributed by atoms with Crippen molar-refractivity contribution in [3.63, 3.8) is 0 Å². The molecule has 24 heavy (non-hydrogen) atoms. The first-order valence-corrected chi connectivity index (χ1v) is 15.7. The van der Waals surface area contributed by atoms with Crippen LogP contribution in [-0.4, -0.2) is 18.4 Å². The summed E-state index contributed by atoms with van der Waals surface area (Å²) in [5.41, 5.74) is 1.47. The number of ketones is 1. The molecular weight excluding hydrogens is 344 g/mol. The van der Waals surface area contributed by atoms with Crippen molar-refractivity contribution in [3.05, 3.63) is 35.4 Å². The Balaban J connectivity index is 1.14. The van der Waals surface area contributed by atoms with Gasteiger partial charge in [0.2, 0.25) is 0 Å². The van der Waals surface area contributed by atoms with Gasteiger partial charge in [0, 0.05) is 0 Å². The molecule has 0 N–H and O–H groups in total. The van der Waals surface area contributed by atoms with Crippen LogP contribution in [0.15, 0.2) is 24.3 Å². The normalized spacial score (nSPS) is 87.3. The molecule has 0 radical (unpaired) electrons. The van der Waals surface area contributed by atoms with Crippen molar-refractivity contribution < 1.29 is 20.8 Å². The molecule has 1 aromatic rings. The molecule has 0 aliphatic carbocycles. The summed E-state index contributed by atoms with van der Waals surface area (Å²) in [6.07, 6.45) is 0. The third-order valence-corrected chi connectivity index (χ3v) is 59.0. The Morgan fingerprint density at radius 3 is 1.79 bits per heavy atom. The van der Waals surface area contributed by atoms with E-state index >= 15 is 0 Å². The topological polar surface area (TPSA) is 43.4 Å². The zero-order chi connectivity index (χ0) is 15.6. The Labute approximate surface area is 129 Å². The number of benzene rings is 1. The van der Waals surface area contributed by atoms with E-state index in [-0.39, 0.29) is 10.3 Å². The number of carbonyl (C=O) groups excluding carboxylic acids is 2. The van der Waals surface area contributed by atoms with Crippen molar-refractivity contribution in [2.45, 2.75) is 54.6 Å². The van der Waals surface area contributed by atoms with Gasteiger partial charge in [-0.2, -0.15) is 0 Å². The van der Waals surface area contributed by atoms with Crippen LogP contribution in [0.4, 0.5) is 0 Å². The Hall–Kier alpha value is -1.12. The molecule has 11 rings (SSSR count). The first-order valence-electron chi connectivity index (χ1n) is 9.44. The fraction of sp³-hybridized carbons (Fsp3) is 0.600. The number of hydrogen-bond acceptors (Lipinski definition) is 3. The second-order valence-electron chi connectivity index (χ2n) is 12.3. The molecule has 10 aliphatic rings. The predicted octanol–water partition coefficient (Wildman–Crippen LogP) is 4.81. The molecule has 0 aromatic heterocycles. The maximum absolute atomic E-state index is 13.7.